The molecule has 1 aliphatic carbocycles. The average Bonchev–Trinajstić information content (AvgIpc) is 2.79. The molecular formula is C27H36N2O3. The van der Waals surface area contributed by atoms with Crippen molar-refractivity contribution in [3.63, 3.8) is 0 Å². The number of phenolic OH excluding ortho intramolecular Hbond substituents is 1. The fraction of sp³-hybridized carbons (Fsp3) is 0.444. The second kappa shape index (κ2) is 11.8. The molecule has 0 aromatic heterocycles. The van der Waals surface area contributed by atoms with E-state index in [2.05, 4.69) is 31.2 Å². The van der Waals surface area contributed by atoms with Crippen LogP contribution in [0.25, 0.3) is 11.1 Å². The Kier molecular flexibility index (Phi) is 8.89. The van der Waals surface area contributed by atoms with E-state index < -0.39 is 0 Å². The van der Waals surface area contributed by atoms with Gasteiger partial charge in [-0.2, -0.15) is 0 Å². The molecule has 0 unspecified atom stereocenters. The molecule has 2 N–H and O–H groups in total. The van der Waals surface area contributed by atoms with E-state index in [9.17, 15) is 9.90 Å². The van der Waals surface area contributed by atoms with Crippen molar-refractivity contribution < 1.29 is 14.6 Å². The van der Waals surface area contributed by atoms with Crippen LogP contribution in [-0.4, -0.2) is 55.3 Å². The van der Waals surface area contributed by atoms with Gasteiger partial charge < -0.3 is 20.1 Å². The lowest BCUT2D eigenvalue weighted by molar-refractivity contribution is -0.116. The molecule has 2 aromatic rings. The van der Waals surface area contributed by atoms with E-state index in [1.54, 1.807) is 12.1 Å². The third kappa shape index (κ3) is 6.68. The lowest BCUT2D eigenvalue weighted by Crippen LogP contribution is -2.40. The van der Waals surface area contributed by atoms with Crippen LogP contribution in [0.15, 0.2) is 54.6 Å². The lowest BCUT2D eigenvalue weighted by Gasteiger charge is -2.30. The monoisotopic (exact) mass is 436 g/mol. The number of benzene rings is 2. The van der Waals surface area contributed by atoms with E-state index in [1.165, 1.54) is 0 Å². The van der Waals surface area contributed by atoms with Crippen molar-refractivity contribution in [1.29, 1.82) is 0 Å². The Hall–Kier alpha value is -2.63. The number of nitrogens with zero attached hydrogens (tertiary/aromatic N) is 1. The van der Waals surface area contributed by atoms with Crippen molar-refractivity contribution in [2.45, 2.75) is 51.2 Å². The van der Waals surface area contributed by atoms with Gasteiger partial charge >= 0.3 is 0 Å². The number of ether oxygens (including phenoxy) is 1. The van der Waals surface area contributed by atoms with E-state index in [1.807, 2.05) is 42.5 Å². The van der Waals surface area contributed by atoms with E-state index >= 15 is 0 Å². The molecule has 32 heavy (non-hydrogen) atoms. The van der Waals surface area contributed by atoms with Crippen molar-refractivity contribution in [1.82, 2.24) is 10.2 Å². The summed E-state index contributed by atoms with van der Waals surface area (Å²) >= 11 is 0. The number of amides is 1. The summed E-state index contributed by atoms with van der Waals surface area (Å²) in [6, 6.07) is 17.1. The zero-order valence-electron chi connectivity index (χ0n) is 19.5. The second-order valence-electron chi connectivity index (χ2n) is 8.74. The Labute approximate surface area is 192 Å². The van der Waals surface area contributed by atoms with E-state index in [0.717, 1.165) is 62.0 Å². The first-order valence-corrected chi connectivity index (χ1v) is 11.6. The van der Waals surface area contributed by atoms with Gasteiger partial charge in [-0.05, 0) is 75.0 Å². The summed E-state index contributed by atoms with van der Waals surface area (Å²) in [5.74, 6) is 0.146. The molecule has 0 bridgehead atoms. The lowest BCUT2D eigenvalue weighted by atomic mass is 9.90. The first-order valence-electron chi connectivity index (χ1n) is 11.6. The second-order valence-corrected chi connectivity index (χ2v) is 8.74. The predicted octanol–water partition coefficient (Wildman–Crippen LogP) is 4.72. The van der Waals surface area contributed by atoms with Crippen LogP contribution in [0.2, 0.25) is 0 Å². The first-order chi connectivity index (χ1) is 15.5. The molecule has 0 spiro atoms. The predicted molar refractivity (Wildman–Crippen MR) is 130 cm³/mol. The molecule has 1 saturated carbocycles. The molecule has 0 saturated heterocycles. The maximum atomic E-state index is 13.5. The van der Waals surface area contributed by atoms with Crippen LogP contribution in [0.5, 0.6) is 5.75 Å². The fourth-order valence-electron chi connectivity index (χ4n) is 4.27. The zero-order chi connectivity index (χ0) is 22.9. The highest BCUT2D eigenvalue weighted by Gasteiger charge is 2.25. The number of carbonyl (C=O) groups excluding carboxylic acids is 1. The number of allylic oxidation sites excluding steroid dienone is 1. The van der Waals surface area contributed by atoms with Gasteiger partial charge in [-0.15, -0.1) is 0 Å². The van der Waals surface area contributed by atoms with Gasteiger partial charge in [0.1, 0.15) is 5.75 Å². The van der Waals surface area contributed by atoms with Crippen LogP contribution < -0.4 is 5.32 Å². The molecule has 1 fully saturated rings. The van der Waals surface area contributed by atoms with Gasteiger partial charge in [-0.3, -0.25) is 4.79 Å². The largest absolute Gasteiger partial charge is 0.508 e. The molecule has 172 valence electrons. The Morgan fingerprint density at radius 2 is 1.66 bits per heavy atom. The summed E-state index contributed by atoms with van der Waals surface area (Å²) in [7, 11) is 4.10. The third-order valence-corrected chi connectivity index (χ3v) is 6.06. The molecule has 0 atom stereocenters. The number of phenols is 1. The Balaban J connectivity index is 1.74. The standard InChI is InChI=1S/C27H36N2O3/c1-4-25(20-8-6-5-7-9-20)26(21-10-14-23(30)15-11-21)27(31)28-22-12-16-24(17-13-22)32-19-18-29(2)3/h5-11,14-15,22,24,30H,4,12-13,16-19H2,1-3H3,(H,28,31)/b26-25+. The Morgan fingerprint density at radius 1 is 1.00 bits per heavy atom. The van der Waals surface area contributed by atoms with Gasteiger partial charge in [0.15, 0.2) is 0 Å². The first kappa shape index (κ1) is 24.0. The number of hydrogen-bond donors (Lipinski definition) is 2. The fourth-order valence-corrected chi connectivity index (χ4v) is 4.27. The van der Waals surface area contributed by atoms with Gasteiger partial charge in [0.05, 0.1) is 18.3 Å². The van der Waals surface area contributed by atoms with E-state index in [4.69, 9.17) is 4.74 Å². The van der Waals surface area contributed by atoms with E-state index in [0.29, 0.717) is 5.57 Å². The summed E-state index contributed by atoms with van der Waals surface area (Å²) in [4.78, 5) is 15.7. The van der Waals surface area contributed by atoms with Crippen molar-refractivity contribution in [2.24, 2.45) is 0 Å². The minimum atomic E-state index is -0.0478. The van der Waals surface area contributed by atoms with Gasteiger partial charge in [-0.1, -0.05) is 49.4 Å². The molecule has 5 heteroatoms. The highest BCUT2D eigenvalue weighted by molar-refractivity contribution is 6.27. The zero-order valence-corrected chi connectivity index (χ0v) is 19.5. The SMILES string of the molecule is CC/C(=C(\C(=O)NC1CCC(OCCN(C)C)CC1)c1ccc(O)cc1)c1ccccc1. The quantitative estimate of drug-likeness (QED) is 0.441. The van der Waals surface area contributed by atoms with Gasteiger partial charge in [0, 0.05) is 12.6 Å². The van der Waals surface area contributed by atoms with Crippen molar-refractivity contribution >= 4 is 17.1 Å². The highest BCUT2D eigenvalue weighted by Crippen LogP contribution is 2.31. The minimum absolute atomic E-state index is 0.0478. The van der Waals surface area contributed by atoms with Crippen LogP contribution in [0.1, 0.15) is 50.2 Å². The maximum Gasteiger partial charge on any atom is 0.252 e. The molecule has 0 radical (unpaired) electrons. The smallest absolute Gasteiger partial charge is 0.252 e. The summed E-state index contributed by atoms with van der Waals surface area (Å²) < 4.78 is 6.00. The topological polar surface area (TPSA) is 61.8 Å². The van der Waals surface area contributed by atoms with Crippen LogP contribution >= 0.6 is 0 Å². The third-order valence-electron chi connectivity index (χ3n) is 6.06. The molecule has 3 rings (SSSR count). The molecule has 2 aromatic carbocycles. The van der Waals surface area contributed by atoms with Gasteiger partial charge in [0.2, 0.25) is 0 Å². The molecule has 5 nitrogen and oxygen atoms in total. The van der Waals surface area contributed by atoms with Crippen LogP contribution in [0.3, 0.4) is 0 Å². The molecule has 0 heterocycles. The van der Waals surface area contributed by atoms with Crippen molar-refractivity contribution in [3.05, 3.63) is 65.7 Å². The number of likely N-dealkylation sites (N-methyl/N-ethyl adjacent to an activating group) is 1. The Bertz CT molecular complexity index is 883. The summed E-state index contributed by atoms with van der Waals surface area (Å²) in [5.41, 5.74) is 3.56. The van der Waals surface area contributed by atoms with Crippen molar-refractivity contribution in [2.75, 3.05) is 27.2 Å². The van der Waals surface area contributed by atoms with Crippen LogP contribution in [0, 0.1) is 0 Å². The van der Waals surface area contributed by atoms with Gasteiger partial charge in [-0.25, -0.2) is 0 Å². The van der Waals surface area contributed by atoms with Crippen LogP contribution in [0.4, 0.5) is 0 Å². The number of carbonyl (C=O) groups is 1. The van der Waals surface area contributed by atoms with E-state index in [-0.39, 0.29) is 23.8 Å². The highest BCUT2D eigenvalue weighted by atomic mass is 16.5. The molecule has 1 aliphatic rings. The average molecular weight is 437 g/mol. The summed E-state index contributed by atoms with van der Waals surface area (Å²) in [6.07, 6.45) is 4.80. The summed E-state index contributed by atoms with van der Waals surface area (Å²) in [6.45, 7) is 3.75. The van der Waals surface area contributed by atoms with Gasteiger partial charge in [0.25, 0.3) is 5.91 Å². The molecular weight excluding hydrogens is 400 g/mol. The Morgan fingerprint density at radius 3 is 2.25 bits per heavy atom. The van der Waals surface area contributed by atoms with Crippen molar-refractivity contribution in [3.8, 4) is 5.75 Å². The maximum absolute atomic E-state index is 13.5. The normalized spacial score (nSPS) is 19.5. The van der Waals surface area contributed by atoms with Crippen LogP contribution in [-0.2, 0) is 9.53 Å². The number of rotatable bonds is 9. The minimum Gasteiger partial charge on any atom is -0.508 e. The molecule has 1 amide bonds. The molecule has 0 aliphatic heterocycles. The number of nitrogens with one attached hydrogen (secondary N) is 1. The summed E-state index contributed by atoms with van der Waals surface area (Å²) in [5, 5.41) is 13.0. The number of aromatic hydroxyl groups is 1. The number of hydrogen-bond acceptors (Lipinski definition) is 4.